The number of hydrogen-bond donors (Lipinski definition) is 1. The second-order valence-corrected chi connectivity index (χ2v) is 8.53. The molecule has 0 fully saturated rings. The zero-order valence-electron chi connectivity index (χ0n) is 15.8. The van der Waals surface area contributed by atoms with Gasteiger partial charge in [0.2, 0.25) is 5.91 Å². The van der Waals surface area contributed by atoms with Crippen LogP contribution in [0.4, 0.5) is 5.69 Å². The molecule has 0 radical (unpaired) electrons. The number of hydrogen-bond acceptors (Lipinski definition) is 6. The van der Waals surface area contributed by atoms with Crippen LogP contribution >= 0.6 is 22.7 Å². The highest BCUT2D eigenvalue weighted by molar-refractivity contribution is 7.10. The van der Waals surface area contributed by atoms with Gasteiger partial charge in [-0.15, -0.1) is 22.7 Å². The van der Waals surface area contributed by atoms with Crippen molar-refractivity contribution < 1.29 is 14.3 Å². The summed E-state index contributed by atoms with van der Waals surface area (Å²) in [7, 11) is 3.19. The highest BCUT2D eigenvalue weighted by atomic mass is 32.1. The molecule has 1 aliphatic rings. The zero-order chi connectivity index (χ0) is 19.5. The van der Waals surface area contributed by atoms with Crippen LogP contribution in [0.25, 0.3) is 0 Å². The first-order chi connectivity index (χ1) is 13.7. The van der Waals surface area contributed by atoms with Crippen molar-refractivity contribution >= 4 is 34.3 Å². The molecule has 146 valence electrons. The van der Waals surface area contributed by atoms with Crippen molar-refractivity contribution in [2.75, 3.05) is 32.6 Å². The number of rotatable bonds is 6. The Labute approximate surface area is 172 Å². The minimum absolute atomic E-state index is 0.0632. The van der Waals surface area contributed by atoms with Gasteiger partial charge >= 0.3 is 0 Å². The van der Waals surface area contributed by atoms with Gasteiger partial charge in [0.05, 0.1) is 32.5 Å². The Kier molecular flexibility index (Phi) is 5.66. The van der Waals surface area contributed by atoms with Gasteiger partial charge in [-0.3, -0.25) is 9.69 Å². The van der Waals surface area contributed by atoms with Gasteiger partial charge in [0, 0.05) is 22.4 Å². The van der Waals surface area contributed by atoms with Crippen LogP contribution in [0.3, 0.4) is 0 Å². The van der Waals surface area contributed by atoms with E-state index in [1.807, 2.05) is 6.07 Å². The monoisotopic (exact) mass is 414 g/mol. The molecule has 3 aromatic rings. The van der Waals surface area contributed by atoms with E-state index < -0.39 is 0 Å². The number of amides is 1. The first-order valence-electron chi connectivity index (χ1n) is 9.05. The smallest absolute Gasteiger partial charge is 0.238 e. The minimum atomic E-state index is -0.0632. The van der Waals surface area contributed by atoms with Crippen molar-refractivity contribution in [2.24, 2.45) is 0 Å². The van der Waals surface area contributed by atoms with Crippen LogP contribution in [0.15, 0.2) is 47.2 Å². The van der Waals surface area contributed by atoms with E-state index in [0.29, 0.717) is 23.7 Å². The molecule has 7 heteroatoms. The number of carbonyl (C=O) groups excluding carboxylic acids is 1. The molecule has 5 nitrogen and oxygen atoms in total. The molecule has 0 saturated heterocycles. The lowest BCUT2D eigenvalue weighted by Crippen LogP contribution is -2.40. The van der Waals surface area contributed by atoms with Crippen LogP contribution in [-0.2, 0) is 11.2 Å². The van der Waals surface area contributed by atoms with E-state index >= 15 is 0 Å². The number of thiophene rings is 2. The van der Waals surface area contributed by atoms with E-state index in [1.54, 1.807) is 49.0 Å². The van der Waals surface area contributed by atoms with Crippen LogP contribution in [-0.4, -0.2) is 38.1 Å². The maximum Gasteiger partial charge on any atom is 0.238 e. The first kappa shape index (κ1) is 19.0. The molecule has 0 unspecified atom stereocenters. The Morgan fingerprint density at radius 1 is 1.18 bits per heavy atom. The SMILES string of the molecule is COc1ccc(OC)c(NC(=O)CN2CCc3sccc3[C@H]2c2cccs2)c1. The van der Waals surface area contributed by atoms with Crippen molar-refractivity contribution in [3.63, 3.8) is 0 Å². The predicted molar refractivity (Wildman–Crippen MR) is 114 cm³/mol. The molecule has 0 spiro atoms. The third kappa shape index (κ3) is 3.78. The number of nitrogens with zero attached hydrogens (tertiary/aromatic N) is 1. The summed E-state index contributed by atoms with van der Waals surface area (Å²) < 4.78 is 10.6. The fourth-order valence-corrected chi connectivity index (χ4v) is 5.38. The number of ether oxygens (including phenoxy) is 2. The summed E-state index contributed by atoms with van der Waals surface area (Å²) in [5.41, 5.74) is 1.94. The molecule has 1 N–H and O–H groups in total. The third-order valence-electron chi connectivity index (χ3n) is 4.91. The molecule has 1 amide bonds. The van der Waals surface area contributed by atoms with Gasteiger partial charge in [-0.1, -0.05) is 6.07 Å². The van der Waals surface area contributed by atoms with Crippen LogP contribution < -0.4 is 14.8 Å². The highest BCUT2D eigenvalue weighted by Crippen LogP contribution is 2.39. The van der Waals surface area contributed by atoms with Crippen LogP contribution in [0.1, 0.15) is 21.4 Å². The van der Waals surface area contributed by atoms with E-state index in [9.17, 15) is 4.79 Å². The highest BCUT2D eigenvalue weighted by Gasteiger charge is 2.31. The number of carbonyl (C=O) groups is 1. The van der Waals surface area contributed by atoms with Gasteiger partial charge in [0.15, 0.2) is 0 Å². The maximum absolute atomic E-state index is 12.9. The van der Waals surface area contributed by atoms with E-state index in [4.69, 9.17) is 9.47 Å². The van der Waals surface area contributed by atoms with Gasteiger partial charge < -0.3 is 14.8 Å². The number of methoxy groups -OCH3 is 2. The summed E-state index contributed by atoms with van der Waals surface area (Å²) in [4.78, 5) is 17.8. The topological polar surface area (TPSA) is 50.8 Å². The van der Waals surface area contributed by atoms with E-state index in [0.717, 1.165) is 13.0 Å². The van der Waals surface area contributed by atoms with Crippen molar-refractivity contribution in [3.05, 3.63) is 62.5 Å². The van der Waals surface area contributed by atoms with Crippen LogP contribution in [0.2, 0.25) is 0 Å². The molecule has 3 heterocycles. The maximum atomic E-state index is 12.9. The normalized spacial score (nSPS) is 16.4. The first-order valence-corrected chi connectivity index (χ1v) is 10.8. The Balaban J connectivity index is 1.54. The summed E-state index contributed by atoms with van der Waals surface area (Å²) in [5, 5.41) is 7.23. The molecule has 2 aromatic heterocycles. The molecule has 28 heavy (non-hydrogen) atoms. The van der Waals surface area contributed by atoms with Crippen molar-refractivity contribution in [2.45, 2.75) is 12.5 Å². The molecular weight excluding hydrogens is 392 g/mol. The van der Waals surface area contributed by atoms with Crippen molar-refractivity contribution in [1.82, 2.24) is 4.90 Å². The van der Waals surface area contributed by atoms with Crippen molar-refractivity contribution in [1.29, 1.82) is 0 Å². The molecule has 4 rings (SSSR count). The molecule has 1 atom stereocenters. The van der Waals surface area contributed by atoms with E-state index in [-0.39, 0.29) is 11.9 Å². The Morgan fingerprint density at radius 3 is 2.82 bits per heavy atom. The molecule has 1 aromatic carbocycles. The van der Waals surface area contributed by atoms with E-state index in [2.05, 4.69) is 39.2 Å². The molecule has 0 aliphatic carbocycles. The van der Waals surface area contributed by atoms with E-state index in [1.165, 1.54) is 15.3 Å². The number of nitrogens with one attached hydrogen (secondary N) is 1. The minimum Gasteiger partial charge on any atom is -0.497 e. The zero-order valence-corrected chi connectivity index (χ0v) is 17.4. The van der Waals surface area contributed by atoms with Crippen LogP contribution in [0.5, 0.6) is 11.5 Å². The molecule has 0 saturated carbocycles. The Morgan fingerprint density at radius 2 is 2.07 bits per heavy atom. The summed E-state index contributed by atoms with van der Waals surface area (Å²) >= 11 is 3.54. The van der Waals surface area contributed by atoms with Gasteiger partial charge in [-0.05, 0) is 47.0 Å². The average Bonchev–Trinajstić information content (AvgIpc) is 3.39. The summed E-state index contributed by atoms with van der Waals surface area (Å²) in [6.45, 7) is 1.18. The lowest BCUT2D eigenvalue weighted by atomic mass is 9.98. The van der Waals surface area contributed by atoms with Gasteiger partial charge in [-0.25, -0.2) is 0 Å². The summed E-state index contributed by atoms with van der Waals surface area (Å²) in [5.74, 6) is 1.22. The van der Waals surface area contributed by atoms with Gasteiger partial charge in [0.25, 0.3) is 0 Å². The van der Waals surface area contributed by atoms with Crippen molar-refractivity contribution in [3.8, 4) is 11.5 Å². The van der Waals surface area contributed by atoms with Crippen LogP contribution in [0, 0.1) is 0 Å². The Hall–Kier alpha value is -2.35. The second kappa shape index (κ2) is 8.34. The predicted octanol–water partition coefficient (Wildman–Crippen LogP) is 4.41. The number of anilines is 1. The molecule has 0 bridgehead atoms. The fourth-order valence-electron chi connectivity index (χ4n) is 3.60. The largest absolute Gasteiger partial charge is 0.497 e. The average molecular weight is 415 g/mol. The third-order valence-corrected chi connectivity index (χ3v) is 6.83. The lowest BCUT2D eigenvalue weighted by Gasteiger charge is -2.34. The molecular formula is C21H22N2O3S2. The van der Waals surface area contributed by atoms with Gasteiger partial charge in [0.1, 0.15) is 11.5 Å². The Bertz CT molecular complexity index is 952. The standard InChI is InChI=1S/C21H22N2O3S2/c1-25-14-5-6-17(26-2)16(12-14)22-20(24)13-23-9-7-18-15(8-11-28-18)21(23)19-4-3-10-27-19/h3-6,8,10-12,21H,7,9,13H2,1-2H3,(H,22,24)/t21-/m0/s1. The number of benzene rings is 1. The number of fused-ring (bicyclic) bond motifs is 1. The molecule has 1 aliphatic heterocycles. The quantitative estimate of drug-likeness (QED) is 0.649. The lowest BCUT2D eigenvalue weighted by molar-refractivity contribution is -0.117. The summed E-state index contributed by atoms with van der Waals surface area (Å²) in [6, 6.07) is 11.9. The summed E-state index contributed by atoms with van der Waals surface area (Å²) in [6.07, 6.45) is 0.977. The fraction of sp³-hybridized carbons (Fsp3) is 0.286. The van der Waals surface area contributed by atoms with Gasteiger partial charge in [-0.2, -0.15) is 0 Å². The second-order valence-electron chi connectivity index (χ2n) is 6.55.